The molecule has 1 saturated heterocycles. The SMILES string of the molecule is O=C(CCc1ccc(Cl)cc1Cl)N1CCN(c2ccc(C(F)(F)F)cc2CNCC(F)c2ccccc2)CC1. The van der Waals surface area contributed by atoms with E-state index in [-0.39, 0.29) is 19.0 Å². The van der Waals surface area contributed by atoms with Crippen LogP contribution in [0.15, 0.2) is 66.7 Å². The summed E-state index contributed by atoms with van der Waals surface area (Å²) in [4.78, 5) is 16.5. The molecule has 0 aliphatic carbocycles. The van der Waals surface area contributed by atoms with Crippen LogP contribution in [0.25, 0.3) is 0 Å². The minimum atomic E-state index is -4.49. The van der Waals surface area contributed by atoms with Crippen LogP contribution in [-0.4, -0.2) is 43.5 Å². The molecule has 39 heavy (non-hydrogen) atoms. The average Bonchev–Trinajstić information content (AvgIpc) is 2.92. The Bertz CT molecular complexity index is 1270. The van der Waals surface area contributed by atoms with Crippen molar-refractivity contribution in [2.24, 2.45) is 0 Å². The number of hydrogen-bond donors (Lipinski definition) is 1. The second kappa shape index (κ2) is 13.0. The number of nitrogens with one attached hydrogen (secondary N) is 1. The Balaban J connectivity index is 1.37. The van der Waals surface area contributed by atoms with Crippen molar-refractivity contribution in [1.29, 1.82) is 0 Å². The van der Waals surface area contributed by atoms with E-state index in [0.29, 0.717) is 65.9 Å². The summed E-state index contributed by atoms with van der Waals surface area (Å²) >= 11 is 12.1. The van der Waals surface area contributed by atoms with Crippen LogP contribution in [0.4, 0.5) is 23.2 Å². The fraction of sp³-hybridized carbons (Fsp3) is 0.345. The highest BCUT2D eigenvalue weighted by Crippen LogP contribution is 2.33. The molecule has 3 aromatic rings. The van der Waals surface area contributed by atoms with Crippen molar-refractivity contribution >= 4 is 34.8 Å². The molecule has 1 aliphatic heterocycles. The number of amides is 1. The molecule has 4 nitrogen and oxygen atoms in total. The fourth-order valence-electron chi connectivity index (χ4n) is 4.65. The van der Waals surface area contributed by atoms with Gasteiger partial charge in [0.15, 0.2) is 0 Å². The minimum Gasteiger partial charge on any atom is -0.368 e. The first-order valence-electron chi connectivity index (χ1n) is 12.7. The summed E-state index contributed by atoms with van der Waals surface area (Å²) in [5.74, 6) is -0.00937. The zero-order valence-electron chi connectivity index (χ0n) is 21.2. The lowest BCUT2D eigenvalue weighted by molar-refractivity contribution is -0.137. The summed E-state index contributed by atoms with van der Waals surface area (Å²) in [5.41, 5.74) is 1.68. The molecule has 3 aromatic carbocycles. The summed E-state index contributed by atoms with van der Waals surface area (Å²) in [7, 11) is 0. The number of benzene rings is 3. The maximum Gasteiger partial charge on any atom is 0.416 e. The first-order valence-corrected chi connectivity index (χ1v) is 13.4. The minimum absolute atomic E-state index is 0.00937. The van der Waals surface area contributed by atoms with Gasteiger partial charge in [-0.1, -0.05) is 59.6 Å². The van der Waals surface area contributed by atoms with Crippen LogP contribution in [0, 0.1) is 0 Å². The van der Waals surface area contributed by atoms with E-state index >= 15 is 0 Å². The average molecular weight is 582 g/mol. The van der Waals surface area contributed by atoms with Crippen LogP contribution in [0.5, 0.6) is 0 Å². The highest BCUT2D eigenvalue weighted by molar-refractivity contribution is 6.35. The van der Waals surface area contributed by atoms with E-state index in [0.717, 1.165) is 17.7 Å². The Kier molecular flexibility index (Phi) is 9.75. The topological polar surface area (TPSA) is 35.6 Å². The van der Waals surface area contributed by atoms with Gasteiger partial charge in [-0.25, -0.2) is 4.39 Å². The molecule has 1 aliphatic rings. The number of nitrogens with zero attached hydrogens (tertiary/aromatic N) is 2. The van der Waals surface area contributed by atoms with Crippen molar-refractivity contribution in [2.45, 2.75) is 31.7 Å². The monoisotopic (exact) mass is 581 g/mol. The number of halogens is 6. The third kappa shape index (κ3) is 7.87. The van der Waals surface area contributed by atoms with Gasteiger partial charge in [0.25, 0.3) is 0 Å². The Labute approximate surface area is 235 Å². The predicted molar refractivity (Wildman–Crippen MR) is 147 cm³/mol. The van der Waals surface area contributed by atoms with Gasteiger partial charge in [0.05, 0.1) is 5.56 Å². The number of aryl methyl sites for hydroxylation is 1. The molecular weight excluding hydrogens is 553 g/mol. The van der Waals surface area contributed by atoms with E-state index in [2.05, 4.69) is 5.32 Å². The van der Waals surface area contributed by atoms with E-state index in [4.69, 9.17) is 23.2 Å². The zero-order valence-corrected chi connectivity index (χ0v) is 22.7. The van der Waals surface area contributed by atoms with Gasteiger partial charge in [0.1, 0.15) is 6.17 Å². The van der Waals surface area contributed by atoms with Crippen LogP contribution in [0.2, 0.25) is 10.0 Å². The van der Waals surface area contributed by atoms with Crippen LogP contribution < -0.4 is 10.2 Å². The summed E-state index contributed by atoms with van der Waals surface area (Å²) in [5, 5.41) is 4.02. The summed E-state index contributed by atoms with van der Waals surface area (Å²) < 4.78 is 54.9. The molecule has 0 aromatic heterocycles. The maximum absolute atomic E-state index is 14.6. The lowest BCUT2D eigenvalue weighted by Gasteiger charge is -2.37. The second-order valence-electron chi connectivity index (χ2n) is 9.45. The van der Waals surface area contributed by atoms with Crippen molar-refractivity contribution in [2.75, 3.05) is 37.6 Å². The molecule has 1 N–H and O–H groups in total. The van der Waals surface area contributed by atoms with Crippen molar-refractivity contribution in [3.05, 3.63) is 99.0 Å². The molecule has 0 saturated carbocycles. The number of alkyl halides is 4. The fourth-order valence-corrected chi connectivity index (χ4v) is 5.15. The maximum atomic E-state index is 14.6. The molecule has 1 unspecified atom stereocenters. The summed E-state index contributed by atoms with van der Waals surface area (Å²) in [6.45, 7) is 1.89. The quantitative estimate of drug-likeness (QED) is 0.274. The summed E-state index contributed by atoms with van der Waals surface area (Å²) in [6.07, 6.45) is -4.99. The highest BCUT2D eigenvalue weighted by Gasteiger charge is 2.32. The molecule has 0 spiro atoms. The number of carbonyl (C=O) groups is 1. The van der Waals surface area contributed by atoms with Crippen LogP contribution >= 0.6 is 23.2 Å². The van der Waals surface area contributed by atoms with Crippen LogP contribution in [0.1, 0.15) is 34.8 Å². The smallest absolute Gasteiger partial charge is 0.368 e. The largest absolute Gasteiger partial charge is 0.416 e. The lowest BCUT2D eigenvalue weighted by Crippen LogP contribution is -2.49. The second-order valence-corrected chi connectivity index (χ2v) is 10.3. The standard InChI is InChI=1S/C29H29Cl2F4N3O/c30-24-9-6-20(25(31)17-24)7-11-28(39)38-14-12-37(13-15-38)27-10-8-23(29(33,34)35)16-22(27)18-36-19-26(32)21-4-2-1-3-5-21/h1-6,8-10,16-17,26,36H,7,11-15,18-19H2. The van der Waals surface area contributed by atoms with Crippen molar-refractivity contribution in [1.82, 2.24) is 10.2 Å². The van der Waals surface area contributed by atoms with Gasteiger partial charge in [0, 0.05) is 61.4 Å². The number of hydrogen-bond acceptors (Lipinski definition) is 3. The number of piperazine rings is 1. The lowest BCUT2D eigenvalue weighted by atomic mass is 10.1. The van der Waals surface area contributed by atoms with Crippen molar-refractivity contribution < 1.29 is 22.4 Å². The molecule has 1 amide bonds. The molecule has 208 valence electrons. The van der Waals surface area contributed by atoms with E-state index in [1.54, 1.807) is 53.4 Å². The van der Waals surface area contributed by atoms with E-state index in [1.807, 2.05) is 4.90 Å². The Morgan fingerprint density at radius 2 is 1.64 bits per heavy atom. The van der Waals surface area contributed by atoms with Gasteiger partial charge in [-0.3, -0.25) is 4.79 Å². The van der Waals surface area contributed by atoms with Gasteiger partial charge in [-0.05, 0) is 53.4 Å². The molecule has 0 bridgehead atoms. The highest BCUT2D eigenvalue weighted by atomic mass is 35.5. The van der Waals surface area contributed by atoms with Gasteiger partial charge in [-0.2, -0.15) is 13.2 Å². The van der Waals surface area contributed by atoms with E-state index < -0.39 is 17.9 Å². The molecule has 4 rings (SSSR count). The normalized spacial score (nSPS) is 14.9. The van der Waals surface area contributed by atoms with Crippen LogP contribution in [-0.2, 0) is 23.9 Å². The molecule has 10 heteroatoms. The predicted octanol–water partition coefficient (Wildman–Crippen LogP) is 7.09. The molecule has 1 heterocycles. The van der Waals surface area contributed by atoms with Gasteiger partial charge in [0.2, 0.25) is 5.91 Å². The Morgan fingerprint density at radius 1 is 0.923 bits per heavy atom. The first-order chi connectivity index (χ1) is 18.6. The van der Waals surface area contributed by atoms with Gasteiger partial charge in [-0.15, -0.1) is 0 Å². The number of rotatable bonds is 9. The first kappa shape index (κ1) is 29.2. The van der Waals surface area contributed by atoms with Crippen molar-refractivity contribution in [3.63, 3.8) is 0 Å². The number of anilines is 1. The molecule has 1 atom stereocenters. The van der Waals surface area contributed by atoms with Gasteiger partial charge < -0.3 is 15.1 Å². The van der Waals surface area contributed by atoms with Crippen molar-refractivity contribution in [3.8, 4) is 0 Å². The molecular formula is C29H29Cl2F4N3O. The Morgan fingerprint density at radius 3 is 2.31 bits per heavy atom. The van der Waals surface area contributed by atoms with Crippen LogP contribution in [0.3, 0.4) is 0 Å². The molecule has 0 radical (unpaired) electrons. The zero-order chi connectivity index (χ0) is 28.0. The summed E-state index contributed by atoms with van der Waals surface area (Å²) in [6, 6.07) is 17.4. The van der Waals surface area contributed by atoms with E-state index in [1.165, 1.54) is 6.07 Å². The third-order valence-corrected chi connectivity index (χ3v) is 7.39. The number of carbonyl (C=O) groups excluding carboxylic acids is 1. The van der Waals surface area contributed by atoms with Gasteiger partial charge >= 0.3 is 6.18 Å². The molecule has 1 fully saturated rings. The van der Waals surface area contributed by atoms with E-state index in [9.17, 15) is 22.4 Å². The Hall–Kier alpha value is -2.81. The third-order valence-electron chi connectivity index (χ3n) is 6.80.